The number of amides is 1. The summed E-state index contributed by atoms with van der Waals surface area (Å²) in [6.07, 6.45) is 4.73. The molecule has 1 aliphatic carbocycles. The van der Waals surface area contributed by atoms with Crippen LogP contribution in [0.5, 0.6) is 0 Å². The predicted molar refractivity (Wildman–Crippen MR) is 63.6 cm³/mol. The molecule has 1 fully saturated rings. The molecule has 0 aromatic carbocycles. The minimum absolute atomic E-state index is 0.156. The Balaban J connectivity index is 1.99. The van der Waals surface area contributed by atoms with Gasteiger partial charge in [0.15, 0.2) is 5.78 Å². The molecule has 1 heterocycles. The first-order chi connectivity index (χ1) is 7.82. The zero-order valence-electron chi connectivity index (χ0n) is 10.7. The summed E-state index contributed by atoms with van der Waals surface area (Å²) in [5, 5.41) is 0. The molecule has 4 nitrogen and oxygen atoms in total. The van der Waals surface area contributed by atoms with Crippen molar-refractivity contribution in [2.24, 2.45) is 5.41 Å². The zero-order valence-corrected chi connectivity index (χ0v) is 10.7. The van der Waals surface area contributed by atoms with E-state index in [0.29, 0.717) is 13.1 Å². The van der Waals surface area contributed by atoms with Crippen LogP contribution < -0.4 is 0 Å². The van der Waals surface area contributed by atoms with E-state index in [1.165, 1.54) is 0 Å². The van der Waals surface area contributed by atoms with Crippen molar-refractivity contribution < 1.29 is 14.3 Å². The smallest absolute Gasteiger partial charge is 0.410 e. The molecular weight excluding hydrogens is 218 g/mol. The summed E-state index contributed by atoms with van der Waals surface area (Å²) in [6, 6.07) is 0. The van der Waals surface area contributed by atoms with Gasteiger partial charge in [-0.05, 0) is 39.7 Å². The summed E-state index contributed by atoms with van der Waals surface area (Å²) in [7, 11) is 0. The van der Waals surface area contributed by atoms with Gasteiger partial charge < -0.3 is 9.64 Å². The van der Waals surface area contributed by atoms with E-state index in [1.807, 2.05) is 26.8 Å². The van der Waals surface area contributed by atoms with E-state index < -0.39 is 5.60 Å². The summed E-state index contributed by atoms with van der Waals surface area (Å²) >= 11 is 0. The Bertz CT molecular complexity index is 381. The number of hydrogen-bond acceptors (Lipinski definition) is 3. The van der Waals surface area contributed by atoms with E-state index in [2.05, 4.69) is 0 Å². The van der Waals surface area contributed by atoms with Crippen molar-refractivity contribution in [1.82, 2.24) is 4.90 Å². The molecule has 2 rings (SSSR count). The van der Waals surface area contributed by atoms with Gasteiger partial charge in [0.2, 0.25) is 0 Å². The maximum absolute atomic E-state index is 11.9. The number of rotatable bonds is 0. The van der Waals surface area contributed by atoms with Crippen LogP contribution >= 0.6 is 0 Å². The molecule has 1 saturated heterocycles. The molecule has 17 heavy (non-hydrogen) atoms. The minimum atomic E-state index is -0.481. The van der Waals surface area contributed by atoms with E-state index in [0.717, 1.165) is 12.8 Å². The molecule has 0 bridgehead atoms. The highest BCUT2D eigenvalue weighted by Crippen LogP contribution is 2.39. The topological polar surface area (TPSA) is 46.6 Å². The Labute approximate surface area is 102 Å². The van der Waals surface area contributed by atoms with Crippen LogP contribution in [-0.4, -0.2) is 35.5 Å². The van der Waals surface area contributed by atoms with Crippen molar-refractivity contribution in [2.45, 2.75) is 39.2 Å². The highest BCUT2D eigenvalue weighted by molar-refractivity contribution is 5.98. The highest BCUT2D eigenvalue weighted by Gasteiger charge is 2.46. The first-order valence-corrected chi connectivity index (χ1v) is 6.01. The summed E-state index contributed by atoms with van der Waals surface area (Å²) in [6.45, 7) is 6.65. The molecular formula is C13H19NO3. The lowest BCUT2D eigenvalue weighted by molar-refractivity contribution is -0.122. The van der Waals surface area contributed by atoms with Crippen LogP contribution in [0.4, 0.5) is 4.79 Å². The van der Waals surface area contributed by atoms with Gasteiger partial charge in [-0.1, -0.05) is 6.08 Å². The second-order valence-corrected chi connectivity index (χ2v) is 5.90. The number of hydrogen-bond donors (Lipinski definition) is 0. The number of likely N-dealkylation sites (tertiary alicyclic amines) is 1. The molecule has 0 saturated carbocycles. The number of ketones is 1. The van der Waals surface area contributed by atoms with Gasteiger partial charge in [0.25, 0.3) is 0 Å². The van der Waals surface area contributed by atoms with Crippen molar-refractivity contribution >= 4 is 11.9 Å². The van der Waals surface area contributed by atoms with Gasteiger partial charge in [0.1, 0.15) is 5.60 Å². The van der Waals surface area contributed by atoms with Gasteiger partial charge in [0, 0.05) is 13.1 Å². The van der Waals surface area contributed by atoms with Crippen LogP contribution in [0.2, 0.25) is 0 Å². The average Bonchev–Trinajstić information content (AvgIpc) is 2.74. The van der Waals surface area contributed by atoms with Crippen molar-refractivity contribution in [3.8, 4) is 0 Å². The highest BCUT2D eigenvalue weighted by atomic mass is 16.6. The minimum Gasteiger partial charge on any atom is -0.444 e. The lowest BCUT2D eigenvalue weighted by Crippen LogP contribution is -2.38. The van der Waals surface area contributed by atoms with Crippen LogP contribution in [0, 0.1) is 5.41 Å². The first kappa shape index (κ1) is 12.1. The third-order valence-corrected chi connectivity index (χ3v) is 3.31. The van der Waals surface area contributed by atoms with Crippen LogP contribution in [0.1, 0.15) is 33.6 Å². The lowest BCUT2D eigenvalue weighted by Gasteiger charge is -2.26. The molecule has 0 aromatic rings. The van der Waals surface area contributed by atoms with E-state index in [1.54, 1.807) is 11.0 Å². The average molecular weight is 237 g/mol. The molecule has 4 heteroatoms. The second kappa shape index (κ2) is 3.86. The van der Waals surface area contributed by atoms with Crippen molar-refractivity contribution in [3.05, 3.63) is 12.2 Å². The van der Waals surface area contributed by atoms with Crippen molar-refractivity contribution in [2.75, 3.05) is 13.1 Å². The zero-order chi connectivity index (χ0) is 12.7. The fourth-order valence-electron chi connectivity index (χ4n) is 2.39. The molecule has 0 aromatic heterocycles. The van der Waals surface area contributed by atoms with E-state index in [9.17, 15) is 9.59 Å². The van der Waals surface area contributed by atoms with Gasteiger partial charge in [-0.15, -0.1) is 0 Å². The molecule has 1 amide bonds. The molecule has 1 spiro atoms. The summed E-state index contributed by atoms with van der Waals surface area (Å²) in [5.41, 5.74) is -0.832. The fraction of sp³-hybridized carbons (Fsp3) is 0.692. The monoisotopic (exact) mass is 237 g/mol. The van der Waals surface area contributed by atoms with E-state index in [-0.39, 0.29) is 17.3 Å². The number of ether oxygens (including phenoxy) is 1. The molecule has 1 unspecified atom stereocenters. The molecule has 1 atom stereocenters. The van der Waals surface area contributed by atoms with E-state index >= 15 is 0 Å². The van der Waals surface area contributed by atoms with Gasteiger partial charge in [0.05, 0.1) is 5.41 Å². The normalized spacial score (nSPS) is 28.2. The standard InChI is InChI=1S/C13H19NO3/c1-12(2,3)17-11(16)14-8-7-13(9-14)6-4-5-10(13)15/h4-5H,6-9H2,1-3H3. The molecule has 94 valence electrons. The predicted octanol–water partition coefficient (Wildman–Crippen LogP) is 2.14. The van der Waals surface area contributed by atoms with Crippen molar-refractivity contribution in [1.29, 1.82) is 0 Å². The third-order valence-electron chi connectivity index (χ3n) is 3.31. The van der Waals surface area contributed by atoms with Crippen LogP contribution in [0.15, 0.2) is 12.2 Å². The Hall–Kier alpha value is -1.32. The second-order valence-electron chi connectivity index (χ2n) is 5.90. The summed E-state index contributed by atoms with van der Waals surface area (Å²) in [5.74, 6) is 0.156. The largest absolute Gasteiger partial charge is 0.444 e. The lowest BCUT2D eigenvalue weighted by atomic mass is 9.84. The van der Waals surface area contributed by atoms with Gasteiger partial charge in [-0.25, -0.2) is 4.79 Å². The van der Waals surface area contributed by atoms with E-state index in [4.69, 9.17) is 4.74 Å². The Morgan fingerprint density at radius 2 is 2.18 bits per heavy atom. The number of carbonyl (C=O) groups excluding carboxylic acids is 2. The molecule has 0 radical (unpaired) electrons. The maximum atomic E-state index is 11.9. The number of allylic oxidation sites excluding steroid dienone is 2. The Kier molecular flexibility index (Phi) is 2.76. The Morgan fingerprint density at radius 3 is 2.71 bits per heavy atom. The fourth-order valence-corrected chi connectivity index (χ4v) is 2.39. The quantitative estimate of drug-likeness (QED) is 0.648. The summed E-state index contributed by atoms with van der Waals surface area (Å²) < 4.78 is 5.31. The number of carbonyl (C=O) groups is 2. The van der Waals surface area contributed by atoms with Gasteiger partial charge in [-0.3, -0.25) is 4.79 Å². The van der Waals surface area contributed by atoms with Crippen LogP contribution in [0.3, 0.4) is 0 Å². The van der Waals surface area contributed by atoms with Gasteiger partial charge >= 0.3 is 6.09 Å². The first-order valence-electron chi connectivity index (χ1n) is 6.01. The Morgan fingerprint density at radius 1 is 1.47 bits per heavy atom. The molecule has 1 aliphatic heterocycles. The molecule has 0 N–H and O–H groups in total. The van der Waals surface area contributed by atoms with Crippen LogP contribution in [-0.2, 0) is 9.53 Å². The van der Waals surface area contributed by atoms with Crippen molar-refractivity contribution in [3.63, 3.8) is 0 Å². The maximum Gasteiger partial charge on any atom is 0.410 e. The summed E-state index contributed by atoms with van der Waals surface area (Å²) in [4.78, 5) is 25.3. The SMILES string of the molecule is CC(C)(C)OC(=O)N1CCC2(CC=CC2=O)C1. The number of nitrogens with zero attached hydrogens (tertiary/aromatic N) is 1. The van der Waals surface area contributed by atoms with Crippen LogP contribution in [0.25, 0.3) is 0 Å². The third kappa shape index (κ3) is 2.35. The van der Waals surface area contributed by atoms with Gasteiger partial charge in [-0.2, -0.15) is 0 Å². The molecule has 2 aliphatic rings.